The van der Waals surface area contributed by atoms with Gasteiger partial charge in [0.15, 0.2) is 11.5 Å². The second-order valence-corrected chi connectivity index (χ2v) is 8.01. The highest BCUT2D eigenvalue weighted by atomic mass is 79.9. The van der Waals surface area contributed by atoms with Crippen LogP contribution in [0.5, 0.6) is 11.5 Å². The van der Waals surface area contributed by atoms with E-state index in [1.54, 1.807) is 24.3 Å². The van der Waals surface area contributed by atoms with Crippen LogP contribution in [0.15, 0.2) is 70.7 Å². The van der Waals surface area contributed by atoms with Crippen LogP contribution in [0.3, 0.4) is 0 Å². The van der Waals surface area contributed by atoms with Gasteiger partial charge in [-0.05, 0) is 75.6 Å². The van der Waals surface area contributed by atoms with Crippen molar-refractivity contribution in [2.24, 2.45) is 0 Å². The van der Waals surface area contributed by atoms with Gasteiger partial charge in [0, 0.05) is 5.69 Å². The van der Waals surface area contributed by atoms with E-state index in [2.05, 4.69) is 21.2 Å². The molecule has 0 aliphatic heterocycles. The molecule has 10 heteroatoms. The zero-order valence-electron chi connectivity index (χ0n) is 18.1. The molecule has 0 aliphatic rings. The van der Waals surface area contributed by atoms with E-state index in [1.165, 1.54) is 37.5 Å². The van der Waals surface area contributed by atoms with Gasteiger partial charge in [0.2, 0.25) is 0 Å². The van der Waals surface area contributed by atoms with Gasteiger partial charge >= 0.3 is 6.18 Å². The standard InChI is InChI=1S/C25H17BrF4N2O3/c1-34-22-11-16(10-21(26)23(22)35-14-15-4-2-6-19(27)9-15)8-17(13-31)24(33)32-20-7-3-5-18(12-20)25(28,29)30/h2-12H,14H2,1H3,(H,32,33)/b17-8+. The number of halogens is 5. The van der Waals surface area contributed by atoms with E-state index in [0.29, 0.717) is 21.3 Å². The van der Waals surface area contributed by atoms with Gasteiger partial charge in [0.05, 0.1) is 17.1 Å². The molecule has 3 aromatic carbocycles. The number of carbonyl (C=O) groups is 1. The molecule has 1 N–H and O–H groups in total. The van der Waals surface area contributed by atoms with E-state index in [0.717, 1.165) is 18.2 Å². The average Bonchev–Trinajstić information content (AvgIpc) is 2.81. The van der Waals surface area contributed by atoms with Gasteiger partial charge < -0.3 is 14.8 Å². The Hall–Kier alpha value is -3.84. The van der Waals surface area contributed by atoms with E-state index in [-0.39, 0.29) is 23.6 Å². The minimum atomic E-state index is -4.57. The third kappa shape index (κ3) is 6.83. The normalized spacial score (nSPS) is 11.5. The number of methoxy groups -OCH3 is 1. The molecule has 0 saturated carbocycles. The number of nitriles is 1. The van der Waals surface area contributed by atoms with Gasteiger partial charge in [-0.1, -0.05) is 18.2 Å². The molecule has 5 nitrogen and oxygen atoms in total. The summed E-state index contributed by atoms with van der Waals surface area (Å²) in [5, 5.41) is 11.7. The average molecular weight is 549 g/mol. The first-order valence-electron chi connectivity index (χ1n) is 9.96. The number of carbonyl (C=O) groups excluding carboxylic acids is 1. The molecule has 0 fully saturated rings. The van der Waals surface area contributed by atoms with Crippen molar-refractivity contribution in [3.63, 3.8) is 0 Å². The maximum absolute atomic E-state index is 13.4. The second kappa shape index (κ2) is 11.1. The summed E-state index contributed by atoms with van der Waals surface area (Å²) in [5.74, 6) is -0.683. The Balaban J connectivity index is 1.82. The number of nitrogens with zero attached hydrogens (tertiary/aromatic N) is 1. The minimum absolute atomic E-state index is 0.0603. The summed E-state index contributed by atoms with van der Waals surface area (Å²) in [6.45, 7) is 0.0603. The van der Waals surface area contributed by atoms with Crippen LogP contribution in [0, 0.1) is 17.1 Å². The highest BCUT2D eigenvalue weighted by Gasteiger charge is 2.30. The molecule has 0 aromatic heterocycles. The summed E-state index contributed by atoms with van der Waals surface area (Å²) in [7, 11) is 1.40. The lowest BCUT2D eigenvalue weighted by atomic mass is 10.1. The largest absolute Gasteiger partial charge is 0.493 e. The molecule has 0 atom stereocenters. The first-order chi connectivity index (χ1) is 16.6. The maximum Gasteiger partial charge on any atom is 0.416 e. The smallest absolute Gasteiger partial charge is 0.416 e. The van der Waals surface area contributed by atoms with Crippen molar-refractivity contribution in [2.45, 2.75) is 12.8 Å². The van der Waals surface area contributed by atoms with E-state index >= 15 is 0 Å². The summed E-state index contributed by atoms with van der Waals surface area (Å²) in [6.07, 6.45) is -3.32. The molecule has 35 heavy (non-hydrogen) atoms. The van der Waals surface area contributed by atoms with Crippen molar-refractivity contribution in [3.8, 4) is 17.6 Å². The molecule has 0 spiro atoms. The van der Waals surface area contributed by atoms with E-state index in [1.807, 2.05) is 0 Å². The van der Waals surface area contributed by atoms with Crippen molar-refractivity contribution in [1.29, 1.82) is 5.26 Å². The number of nitrogens with one attached hydrogen (secondary N) is 1. The fourth-order valence-corrected chi connectivity index (χ4v) is 3.61. The number of benzene rings is 3. The van der Waals surface area contributed by atoms with E-state index < -0.39 is 23.5 Å². The Morgan fingerprint density at radius 1 is 1.14 bits per heavy atom. The maximum atomic E-state index is 13.4. The predicted molar refractivity (Wildman–Crippen MR) is 125 cm³/mol. The second-order valence-electron chi connectivity index (χ2n) is 7.16. The van der Waals surface area contributed by atoms with Crippen molar-refractivity contribution in [3.05, 3.63) is 93.2 Å². The monoisotopic (exact) mass is 548 g/mol. The lowest BCUT2D eigenvalue weighted by molar-refractivity contribution is -0.137. The van der Waals surface area contributed by atoms with E-state index in [9.17, 15) is 27.6 Å². The molecule has 180 valence electrons. The highest BCUT2D eigenvalue weighted by Crippen LogP contribution is 2.38. The van der Waals surface area contributed by atoms with Crippen LogP contribution < -0.4 is 14.8 Å². The van der Waals surface area contributed by atoms with Crippen LogP contribution in [0.1, 0.15) is 16.7 Å². The summed E-state index contributed by atoms with van der Waals surface area (Å²) >= 11 is 3.36. The molecule has 1 amide bonds. The first kappa shape index (κ1) is 25.8. The fourth-order valence-electron chi connectivity index (χ4n) is 3.03. The Bertz CT molecular complexity index is 1320. The summed E-state index contributed by atoms with van der Waals surface area (Å²) in [6, 6.07) is 14.8. The molecule has 0 radical (unpaired) electrons. The van der Waals surface area contributed by atoms with Gasteiger partial charge in [0.25, 0.3) is 5.91 Å². The molecule has 0 bridgehead atoms. The van der Waals surface area contributed by atoms with Gasteiger partial charge in [0.1, 0.15) is 24.1 Å². The molecule has 3 rings (SSSR count). The lowest BCUT2D eigenvalue weighted by Crippen LogP contribution is -2.14. The third-order valence-electron chi connectivity index (χ3n) is 4.65. The number of anilines is 1. The number of hydrogen-bond donors (Lipinski definition) is 1. The van der Waals surface area contributed by atoms with Crippen LogP contribution in [0.4, 0.5) is 23.2 Å². The Morgan fingerprint density at radius 2 is 1.89 bits per heavy atom. The molecule has 0 heterocycles. The van der Waals surface area contributed by atoms with Gasteiger partial charge in [-0.3, -0.25) is 4.79 Å². The SMILES string of the molecule is COc1cc(/C=C(\C#N)C(=O)Nc2cccc(C(F)(F)F)c2)cc(Br)c1OCc1cccc(F)c1. The zero-order valence-corrected chi connectivity index (χ0v) is 19.7. The zero-order chi connectivity index (χ0) is 25.6. The van der Waals surface area contributed by atoms with Crippen LogP contribution in [-0.2, 0) is 17.6 Å². The number of hydrogen-bond acceptors (Lipinski definition) is 4. The highest BCUT2D eigenvalue weighted by molar-refractivity contribution is 9.10. The van der Waals surface area contributed by atoms with Crippen LogP contribution in [0.25, 0.3) is 6.08 Å². The molecule has 0 unspecified atom stereocenters. The Labute approximate surface area is 206 Å². The Morgan fingerprint density at radius 3 is 2.54 bits per heavy atom. The van der Waals surface area contributed by atoms with Crippen LogP contribution >= 0.6 is 15.9 Å². The first-order valence-corrected chi connectivity index (χ1v) is 10.7. The minimum Gasteiger partial charge on any atom is -0.493 e. The molecule has 3 aromatic rings. The summed E-state index contributed by atoms with van der Waals surface area (Å²) in [5.41, 5.74) is -0.389. The van der Waals surface area contributed by atoms with E-state index in [4.69, 9.17) is 9.47 Å². The summed E-state index contributed by atoms with van der Waals surface area (Å²) < 4.78 is 63.7. The van der Waals surface area contributed by atoms with Crippen molar-refractivity contribution >= 4 is 33.6 Å². The van der Waals surface area contributed by atoms with Gasteiger partial charge in [-0.2, -0.15) is 18.4 Å². The third-order valence-corrected chi connectivity index (χ3v) is 5.24. The Kier molecular flexibility index (Phi) is 8.14. The topological polar surface area (TPSA) is 71.3 Å². The van der Waals surface area contributed by atoms with Gasteiger partial charge in [-0.25, -0.2) is 4.39 Å². The molecule has 0 saturated heterocycles. The van der Waals surface area contributed by atoms with Crippen molar-refractivity contribution in [1.82, 2.24) is 0 Å². The summed E-state index contributed by atoms with van der Waals surface area (Å²) in [4.78, 5) is 12.5. The fraction of sp³-hybridized carbons (Fsp3) is 0.120. The van der Waals surface area contributed by atoms with Crippen LogP contribution in [-0.4, -0.2) is 13.0 Å². The van der Waals surface area contributed by atoms with Crippen molar-refractivity contribution < 1.29 is 31.8 Å². The number of alkyl halides is 3. The lowest BCUT2D eigenvalue weighted by Gasteiger charge is -2.14. The molecule has 0 aliphatic carbocycles. The van der Waals surface area contributed by atoms with Crippen molar-refractivity contribution in [2.75, 3.05) is 12.4 Å². The van der Waals surface area contributed by atoms with Crippen LogP contribution in [0.2, 0.25) is 0 Å². The predicted octanol–water partition coefficient (Wildman–Crippen LogP) is 6.74. The molecular weight excluding hydrogens is 532 g/mol. The molecular formula is C25H17BrF4N2O3. The quantitative estimate of drug-likeness (QED) is 0.201. The number of rotatable bonds is 7. The van der Waals surface area contributed by atoms with Gasteiger partial charge in [-0.15, -0.1) is 0 Å². The number of ether oxygens (including phenoxy) is 2. The number of amides is 1.